The van der Waals surface area contributed by atoms with Crippen LogP contribution in [0.1, 0.15) is 36.4 Å². The van der Waals surface area contributed by atoms with E-state index in [0.717, 1.165) is 11.3 Å². The smallest absolute Gasteiger partial charge is 0.237 e. The maximum Gasteiger partial charge on any atom is 0.237 e. The average Bonchev–Trinajstić information content (AvgIpc) is 2.58. The minimum absolute atomic E-state index is 0.162. The fraction of sp³-hybridized carbons (Fsp3) is 0.500. The molecule has 0 aliphatic carbocycles. The Bertz CT molecular complexity index is 392. The van der Waals surface area contributed by atoms with Crippen LogP contribution < -0.4 is 11.1 Å². The zero-order valence-electron chi connectivity index (χ0n) is 10.5. The molecule has 94 valence electrons. The fourth-order valence-electron chi connectivity index (χ4n) is 1.79. The largest absolute Gasteiger partial charge is 0.361 e. The van der Waals surface area contributed by atoms with E-state index >= 15 is 0 Å². The van der Waals surface area contributed by atoms with E-state index in [4.69, 9.17) is 10.3 Å². The highest BCUT2D eigenvalue weighted by Crippen LogP contribution is 2.20. The van der Waals surface area contributed by atoms with Gasteiger partial charge in [0, 0.05) is 5.56 Å². The summed E-state index contributed by atoms with van der Waals surface area (Å²) in [6, 6.07) is -0.722. The lowest BCUT2D eigenvalue weighted by molar-refractivity contribution is -0.122. The average molecular weight is 237 g/mol. The topological polar surface area (TPSA) is 81.2 Å². The van der Waals surface area contributed by atoms with E-state index in [2.05, 4.69) is 17.1 Å². The van der Waals surface area contributed by atoms with Crippen LogP contribution in [0.25, 0.3) is 0 Å². The molecule has 0 spiro atoms. The van der Waals surface area contributed by atoms with E-state index in [1.165, 1.54) is 0 Å². The second kappa shape index (κ2) is 5.63. The molecule has 0 aliphatic rings. The van der Waals surface area contributed by atoms with Crippen LogP contribution in [0.2, 0.25) is 0 Å². The van der Waals surface area contributed by atoms with Crippen molar-refractivity contribution in [3.63, 3.8) is 0 Å². The summed E-state index contributed by atoms with van der Waals surface area (Å²) in [5, 5.41) is 6.69. The molecule has 1 aromatic heterocycles. The Morgan fingerprint density at radius 3 is 2.76 bits per heavy atom. The zero-order chi connectivity index (χ0) is 13.0. The quantitative estimate of drug-likeness (QED) is 0.758. The molecule has 0 aliphatic heterocycles. The van der Waals surface area contributed by atoms with Crippen molar-refractivity contribution in [3.05, 3.63) is 29.7 Å². The second-order valence-electron chi connectivity index (χ2n) is 4.10. The number of nitrogens with zero attached hydrogens (tertiary/aromatic N) is 1. The Morgan fingerprint density at radius 2 is 2.29 bits per heavy atom. The number of nitrogens with one attached hydrogen (secondary N) is 1. The number of carbonyl (C=O) groups is 1. The van der Waals surface area contributed by atoms with Crippen molar-refractivity contribution < 1.29 is 9.32 Å². The lowest BCUT2D eigenvalue weighted by Crippen LogP contribution is -2.41. The third-order valence-electron chi connectivity index (χ3n) is 2.64. The first kappa shape index (κ1) is 13.4. The lowest BCUT2D eigenvalue weighted by Gasteiger charge is -2.16. The molecule has 2 atom stereocenters. The zero-order valence-corrected chi connectivity index (χ0v) is 10.5. The molecular formula is C12H19N3O2. The lowest BCUT2D eigenvalue weighted by atomic mass is 10.1. The monoisotopic (exact) mass is 237 g/mol. The molecule has 0 saturated heterocycles. The van der Waals surface area contributed by atoms with Gasteiger partial charge in [0.25, 0.3) is 0 Å². The first-order chi connectivity index (χ1) is 7.97. The molecule has 5 heteroatoms. The van der Waals surface area contributed by atoms with Crippen LogP contribution >= 0.6 is 0 Å². The molecule has 0 aromatic carbocycles. The third kappa shape index (κ3) is 3.17. The molecule has 1 amide bonds. The van der Waals surface area contributed by atoms with E-state index in [1.54, 1.807) is 6.08 Å². The molecule has 0 bridgehead atoms. The summed E-state index contributed by atoms with van der Waals surface area (Å²) in [5.74, 6) is 0.519. The van der Waals surface area contributed by atoms with E-state index in [0.29, 0.717) is 12.2 Å². The van der Waals surface area contributed by atoms with Gasteiger partial charge in [-0.25, -0.2) is 0 Å². The molecule has 0 saturated carbocycles. The van der Waals surface area contributed by atoms with Gasteiger partial charge in [-0.15, -0.1) is 6.58 Å². The number of rotatable bonds is 5. The maximum atomic E-state index is 11.7. The molecule has 1 heterocycles. The molecule has 1 aromatic rings. The number of nitrogens with two attached hydrogens (primary N) is 1. The van der Waals surface area contributed by atoms with Crippen molar-refractivity contribution in [1.82, 2.24) is 10.5 Å². The predicted octanol–water partition coefficient (Wildman–Crippen LogP) is 1.37. The van der Waals surface area contributed by atoms with Crippen molar-refractivity contribution >= 4 is 5.91 Å². The van der Waals surface area contributed by atoms with E-state index in [-0.39, 0.29) is 11.9 Å². The van der Waals surface area contributed by atoms with Crippen LogP contribution in [0.5, 0.6) is 0 Å². The van der Waals surface area contributed by atoms with E-state index in [9.17, 15) is 4.79 Å². The summed E-state index contributed by atoms with van der Waals surface area (Å²) in [6.45, 7) is 9.10. The van der Waals surface area contributed by atoms with Crippen molar-refractivity contribution in [2.24, 2.45) is 5.73 Å². The van der Waals surface area contributed by atoms with Crippen molar-refractivity contribution in [2.45, 2.75) is 39.3 Å². The highest BCUT2D eigenvalue weighted by molar-refractivity contribution is 5.82. The number of carbonyl (C=O) groups excluding carboxylic acids is 1. The molecule has 5 nitrogen and oxygen atoms in total. The SMILES string of the molecule is C=CCC(N)C(=O)NC(C)c1c(C)noc1C. The highest BCUT2D eigenvalue weighted by Gasteiger charge is 2.20. The fourth-order valence-corrected chi connectivity index (χ4v) is 1.79. The summed E-state index contributed by atoms with van der Waals surface area (Å²) < 4.78 is 5.06. The summed E-state index contributed by atoms with van der Waals surface area (Å²) in [4.78, 5) is 11.7. The Hall–Kier alpha value is -1.62. The van der Waals surface area contributed by atoms with E-state index < -0.39 is 6.04 Å². The van der Waals surface area contributed by atoms with Gasteiger partial charge in [-0.05, 0) is 27.2 Å². The van der Waals surface area contributed by atoms with Gasteiger partial charge in [0.05, 0.1) is 17.8 Å². The van der Waals surface area contributed by atoms with Crippen LogP contribution in [0.15, 0.2) is 17.2 Å². The van der Waals surface area contributed by atoms with Gasteiger partial charge < -0.3 is 15.6 Å². The summed E-state index contributed by atoms with van der Waals surface area (Å²) in [6.07, 6.45) is 2.09. The molecule has 0 fully saturated rings. The van der Waals surface area contributed by atoms with Crippen molar-refractivity contribution in [1.29, 1.82) is 0 Å². The van der Waals surface area contributed by atoms with Crippen LogP contribution in [0.3, 0.4) is 0 Å². The standard InChI is InChI=1S/C12H19N3O2/c1-5-6-10(13)12(16)14-7(2)11-8(3)15-17-9(11)4/h5,7,10H,1,6,13H2,2-4H3,(H,14,16). The Morgan fingerprint density at radius 1 is 1.65 bits per heavy atom. The first-order valence-corrected chi connectivity index (χ1v) is 5.57. The van der Waals surface area contributed by atoms with Crippen LogP contribution in [0.4, 0.5) is 0 Å². The van der Waals surface area contributed by atoms with Gasteiger partial charge >= 0.3 is 0 Å². The summed E-state index contributed by atoms with van der Waals surface area (Å²) >= 11 is 0. The minimum atomic E-state index is -0.560. The molecule has 3 N–H and O–H groups in total. The van der Waals surface area contributed by atoms with Crippen molar-refractivity contribution in [2.75, 3.05) is 0 Å². The molecule has 0 radical (unpaired) electrons. The van der Waals surface area contributed by atoms with Gasteiger partial charge in [-0.1, -0.05) is 11.2 Å². The molecular weight excluding hydrogens is 218 g/mol. The number of hydrogen-bond acceptors (Lipinski definition) is 4. The van der Waals surface area contributed by atoms with Gasteiger partial charge in [0.2, 0.25) is 5.91 Å². The van der Waals surface area contributed by atoms with Crippen LogP contribution in [-0.2, 0) is 4.79 Å². The molecule has 17 heavy (non-hydrogen) atoms. The Labute approximate surface area is 101 Å². The third-order valence-corrected chi connectivity index (χ3v) is 2.64. The van der Waals surface area contributed by atoms with Gasteiger partial charge in [-0.2, -0.15) is 0 Å². The number of amides is 1. The van der Waals surface area contributed by atoms with Gasteiger partial charge in [-0.3, -0.25) is 4.79 Å². The normalized spacial score (nSPS) is 14.1. The predicted molar refractivity (Wildman–Crippen MR) is 65.3 cm³/mol. The van der Waals surface area contributed by atoms with Crippen LogP contribution in [0, 0.1) is 13.8 Å². The van der Waals surface area contributed by atoms with Gasteiger partial charge in [0.15, 0.2) is 0 Å². The van der Waals surface area contributed by atoms with Crippen molar-refractivity contribution in [3.8, 4) is 0 Å². The Kier molecular flexibility index (Phi) is 4.45. The van der Waals surface area contributed by atoms with Crippen LogP contribution in [-0.4, -0.2) is 17.1 Å². The highest BCUT2D eigenvalue weighted by atomic mass is 16.5. The summed E-state index contributed by atoms with van der Waals surface area (Å²) in [7, 11) is 0. The Balaban J connectivity index is 2.69. The molecule has 2 unspecified atom stereocenters. The van der Waals surface area contributed by atoms with E-state index in [1.807, 2.05) is 20.8 Å². The van der Waals surface area contributed by atoms with Gasteiger partial charge in [0.1, 0.15) is 5.76 Å². The number of aryl methyl sites for hydroxylation is 2. The number of hydrogen-bond donors (Lipinski definition) is 2. The second-order valence-corrected chi connectivity index (χ2v) is 4.10. The first-order valence-electron chi connectivity index (χ1n) is 5.57. The molecule has 1 rings (SSSR count). The minimum Gasteiger partial charge on any atom is -0.361 e. The maximum absolute atomic E-state index is 11.7. The summed E-state index contributed by atoms with van der Waals surface area (Å²) in [5.41, 5.74) is 7.37. The number of aromatic nitrogens is 1.